The fourth-order valence-electron chi connectivity index (χ4n) is 1.47. The van der Waals surface area contributed by atoms with Crippen molar-refractivity contribution in [2.45, 2.75) is 12.8 Å². The van der Waals surface area contributed by atoms with E-state index in [1.807, 2.05) is 0 Å². The van der Waals surface area contributed by atoms with Gasteiger partial charge in [-0.05, 0) is 11.6 Å². The number of fused-ring (bicyclic) bond motifs is 1. The Bertz CT molecular complexity index is 599. The SMILES string of the molecule is O=c1[nH]c(Cl)nc2c(C[C@H](F)OCCO)[nH]nc12. The lowest BCUT2D eigenvalue weighted by Gasteiger charge is -2.06. The van der Waals surface area contributed by atoms with Gasteiger partial charge in [0, 0.05) is 6.42 Å². The lowest BCUT2D eigenvalue weighted by Crippen LogP contribution is -2.13. The summed E-state index contributed by atoms with van der Waals surface area (Å²) in [5.41, 5.74) is 0.0744. The molecule has 0 aromatic carbocycles. The smallest absolute Gasteiger partial charge is 0.280 e. The molecule has 0 amide bonds. The van der Waals surface area contributed by atoms with Gasteiger partial charge in [-0.15, -0.1) is 0 Å². The molecule has 9 heteroatoms. The van der Waals surface area contributed by atoms with Crippen molar-refractivity contribution in [1.29, 1.82) is 0 Å². The zero-order chi connectivity index (χ0) is 13.1. The Kier molecular flexibility index (Phi) is 3.90. The molecule has 2 aromatic heterocycles. The predicted octanol–water partition coefficient (Wildman–Crippen LogP) is 0.147. The van der Waals surface area contributed by atoms with Gasteiger partial charge in [0.15, 0.2) is 5.52 Å². The van der Waals surface area contributed by atoms with Crippen LogP contribution in [0, 0.1) is 0 Å². The van der Waals surface area contributed by atoms with Crippen LogP contribution in [0.15, 0.2) is 4.79 Å². The van der Waals surface area contributed by atoms with Gasteiger partial charge in [-0.3, -0.25) is 14.9 Å². The van der Waals surface area contributed by atoms with Gasteiger partial charge in [0.05, 0.1) is 18.9 Å². The van der Waals surface area contributed by atoms with Crippen LogP contribution in [0.1, 0.15) is 5.69 Å². The number of nitrogens with zero attached hydrogens (tertiary/aromatic N) is 2. The first-order valence-electron chi connectivity index (χ1n) is 5.11. The number of hydrogen-bond donors (Lipinski definition) is 3. The van der Waals surface area contributed by atoms with Gasteiger partial charge < -0.3 is 9.84 Å². The molecule has 3 N–H and O–H groups in total. The second-order valence-electron chi connectivity index (χ2n) is 3.46. The molecule has 2 aromatic rings. The van der Waals surface area contributed by atoms with Crippen LogP contribution >= 0.6 is 11.6 Å². The van der Waals surface area contributed by atoms with Crippen LogP contribution in [-0.2, 0) is 11.2 Å². The van der Waals surface area contributed by atoms with E-state index >= 15 is 0 Å². The molecule has 98 valence electrons. The quantitative estimate of drug-likeness (QED) is 0.674. The number of nitrogens with one attached hydrogen (secondary N) is 2. The Labute approximate surface area is 105 Å². The Morgan fingerprint density at radius 1 is 1.50 bits per heavy atom. The first kappa shape index (κ1) is 12.9. The minimum absolute atomic E-state index is 0.0590. The highest BCUT2D eigenvalue weighted by Gasteiger charge is 2.16. The Morgan fingerprint density at radius 2 is 2.28 bits per heavy atom. The monoisotopic (exact) mass is 276 g/mol. The molecule has 2 rings (SSSR count). The Hall–Kier alpha value is -1.51. The van der Waals surface area contributed by atoms with E-state index < -0.39 is 11.9 Å². The lowest BCUT2D eigenvalue weighted by atomic mass is 10.2. The molecule has 0 bridgehead atoms. The number of ether oxygens (including phenoxy) is 1. The molecule has 0 unspecified atom stereocenters. The first-order valence-corrected chi connectivity index (χ1v) is 5.49. The number of H-pyrrole nitrogens is 2. The van der Waals surface area contributed by atoms with Crippen molar-refractivity contribution in [2.24, 2.45) is 0 Å². The second-order valence-corrected chi connectivity index (χ2v) is 3.82. The number of aliphatic hydroxyl groups is 1. The highest BCUT2D eigenvalue weighted by molar-refractivity contribution is 6.28. The van der Waals surface area contributed by atoms with E-state index in [9.17, 15) is 9.18 Å². The molecule has 0 fully saturated rings. The van der Waals surface area contributed by atoms with Crippen molar-refractivity contribution in [2.75, 3.05) is 13.2 Å². The normalized spacial score (nSPS) is 13.1. The molecule has 0 aliphatic carbocycles. The molecular weight excluding hydrogens is 267 g/mol. The third-order valence-electron chi connectivity index (χ3n) is 2.21. The molecule has 0 saturated heterocycles. The van der Waals surface area contributed by atoms with Crippen LogP contribution < -0.4 is 5.56 Å². The molecule has 0 aliphatic heterocycles. The summed E-state index contributed by atoms with van der Waals surface area (Å²) in [6.45, 7) is -0.379. The van der Waals surface area contributed by atoms with Gasteiger partial charge in [0.25, 0.3) is 5.56 Å². The Balaban J connectivity index is 2.26. The van der Waals surface area contributed by atoms with E-state index in [0.29, 0.717) is 5.69 Å². The number of aromatic amines is 2. The summed E-state index contributed by atoms with van der Waals surface area (Å²) in [4.78, 5) is 17.6. The van der Waals surface area contributed by atoms with Gasteiger partial charge in [-0.25, -0.2) is 9.37 Å². The number of aliphatic hydroxyl groups excluding tert-OH is 1. The van der Waals surface area contributed by atoms with Gasteiger partial charge >= 0.3 is 0 Å². The Morgan fingerprint density at radius 3 is 3.00 bits per heavy atom. The van der Waals surface area contributed by atoms with E-state index in [0.717, 1.165) is 0 Å². The molecule has 1 atom stereocenters. The fraction of sp³-hybridized carbons (Fsp3) is 0.444. The van der Waals surface area contributed by atoms with E-state index in [1.165, 1.54) is 0 Å². The molecule has 18 heavy (non-hydrogen) atoms. The molecule has 0 spiro atoms. The van der Waals surface area contributed by atoms with E-state index in [1.54, 1.807) is 0 Å². The van der Waals surface area contributed by atoms with Crippen LogP contribution in [-0.4, -0.2) is 44.8 Å². The van der Waals surface area contributed by atoms with Crippen molar-refractivity contribution in [3.05, 3.63) is 21.3 Å². The number of halogens is 2. The number of aromatic nitrogens is 4. The van der Waals surface area contributed by atoms with Crippen LogP contribution in [0.25, 0.3) is 11.0 Å². The summed E-state index contributed by atoms with van der Waals surface area (Å²) < 4.78 is 18.0. The predicted molar refractivity (Wildman–Crippen MR) is 61.2 cm³/mol. The summed E-state index contributed by atoms with van der Waals surface area (Å²) in [6.07, 6.45) is -1.79. The summed E-state index contributed by atoms with van der Waals surface area (Å²) in [6, 6.07) is 0. The maximum absolute atomic E-state index is 13.4. The lowest BCUT2D eigenvalue weighted by molar-refractivity contribution is -0.0500. The molecular formula is C9H10ClFN4O3. The van der Waals surface area contributed by atoms with Crippen LogP contribution in [0.4, 0.5) is 4.39 Å². The average molecular weight is 277 g/mol. The summed E-state index contributed by atoms with van der Waals surface area (Å²) in [5, 5.41) is 14.6. The standard InChI is InChI=1S/C9H10ClFN4O3/c10-9-12-6-4(3-5(11)18-2-1-16)14-15-7(6)8(17)13-9/h5,16H,1-3H2,(H,14,15)(H,12,13,17)/t5-/m1/s1. The number of rotatable bonds is 5. The van der Waals surface area contributed by atoms with Gasteiger partial charge in [0.2, 0.25) is 11.6 Å². The minimum Gasteiger partial charge on any atom is -0.394 e. The largest absolute Gasteiger partial charge is 0.394 e. The van der Waals surface area contributed by atoms with Crippen LogP contribution in [0.3, 0.4) is 0 Å². The minimum atomic E-state index is -1.62. The van der Waals surface area contributed by atoms with E-state index in [4.69, 9.17) is 16.7 Å². The van der Waals surface area contributed by atoms with Crippen molar-refractivity contribution >= 4 is 22.6 Å². The van der Waals surface area contributed by atoms with Gasteiger partial charge in [0.1, 0.15) is 5.52 Å². The maximum atomic E-state index is 13.4. The van der Waals surface area contributed by atoms with Crippen molar-refractivity contribution in [1.82, 2.24) is 20.2 Å². The van der Waals surface area contributed by atoms with Gasteiger partial charge in [-0.2, -0.15) is 5.10 Å². The third kappa shape index (κ3) is 2.66. The fourth-order valence-corrected chi connectivity index (χ4v) is 1.64. The second kappa shape index (κ2) is 5.42. The van der Waals surface area contributed by atoms with Crippen molar-refractivity contribution in [3.63, 3.8) is 0 Å². The molecule has 2 heterocycles. The van der Waals surface area contributed by atoms with Crippen molar-refractivity contribution < 1.29 is 14.2 Å². The number of hydrogen-bond acceptors (Lipinski definition) is 5. The number of alkyl halides is 1. The molecule has 0 saturated carbocycles. The molecule has 0 aliphatic rings. The summed E-state index contributed by atoms with van der Waals surface area (Å²) >= 11 is 5.61. The van der Waals surface area contributed by atoms with Crippen LogP contribution in [0.2, 0.25) is 5.28 Å². The highest BCUT2D eigenvalue weighted by atomic mass is 35.5. The molecule has 0 radical (unpaired) electrons. The summed E-state index contributed by atoms with van der Waals surface area (Å²) in [5.74, 6) is 0. The maximum Gasteiger partial charge on any atom is 0.280 e. The van der Waals surface area contributed by atoms with E-state index in [-0.39, 0.29) is 36.0 Å². The van der Waals surface area contributed by atoms with Crippen LogP contribution in [0.5, 0.6) is 0 Å². The van der Waals surface area contributed by atoms with Gasteiger partial charge in [-0.1, -0.05) is 0 Å². The third-order valence-corrected chi connectivity index (χ3v) is 2.39. The highest BCUT2D eigenvalue weighted by Crippen LogP contribution is 2.14. The van der Waals surface area contributed by atoms with E-state index in [2.05, 4.69) is 24.9 Å². The zero-order valence-corrected chi connectivity index (χ0v) is 9.87. The average Bonchev–Trinajstić information content (AvgIpc) is 2.70. The van der Waals surface area contributed by atoms with Crippen molar-refractivity contribution in [3.8, 4) is 0 Å². The molecule has 7 nitrogen and oxygen atoms in total. The summed E-state index contributed by atoms with van der Waals surface area (Å²) in [7, 11) is 0. The topological polar surface area (TPSA) is 104 Å². The zero-order valence-electron chi connectivity index (χ0n) is 9.11. The first-order chi connectivity index (χ1) is 8.61.